The second kappa shape index (κ2) is 9.20. The standard InChI is InChI=1S/C10H14F2N4.C10H10F2N4/c2*1-7-4-8(5-13)14-15-9(7)16-3-2-10(11,12)6-16/h4H,2-3,5-6,13H2,1H3;4H,2-3,6H2,1H3. The molecule has 8 nitrogen and oxygen atoms in total. The van der Waals surface area contributed by atoms with E-state index in [1.807, 2.05) is 13.0 Å². The van der Waals surface area contributed by atoms with Crippen molar-refractivity contribution in [3.8, 4) is 6.07 Å². The molecule has 0 saturated carbocycles. The van der Waals surface area contributed by atoms with E-state index in [0.717, 1.165) is 5.56 Å². The van der Waals surface area contributed by atoms with Crippen molar-refractivity contribution in [1.82, 2.24) is 20.4 Å². The van der Waals surface area contributed by atoms with Crippen molar-refractivity contribution >= 4 is 11.6 Å². The van der Waals surface area contributed by atoms with Gasteiger partial charge in [-0.2, -0.15) is 10.4 Å². The van der Waals surface area contributed by atoms with E-state index in [1.165, 1.54) is 4.90 Å². The Morgan fingerprint density at radius 2 is 1.41 bits per heavy atom. The number of halogens is 4. The van der Waals surface area contributed by atoms with Crippen molar-refractivity contribution in [3.05, 3.63) is 34.6 Å². The van der Waals surface area contributed by atoms with Crippen LogP contribution in [0.15, 0.2) is 12.1 Å². The number of nitrogens with two attached hydrogens (primary N) is 1. The predicted octanol–water partition coefficient (Wildman–Crippen LogP) is 2.59. The lowest BCUT2D eigenvalue weighted by Gasteiger charge is -2.18. The fourth-order valence-electron chi connectivity index (χ4n) is 3.63. The molecular formula is C20H24F4N8. The van der Waals surface area contributed by atoms with Crippen LogP contribution < -0.4 is 15.5 Å². The molecule has 0 spiro atoms. The lowest BCUT2D eigenvalue weighted by Crippen LogP contribution is -2.26. The zero-order valence-corrected chi connectivity index (χ0v) is 17.8. The second-order valence-electron chi connectivity index (χ2n) is 7.95. The van der Waals surface area contributed by atoms with E-state index in [2.05, 4.69) is 20.4 Å². The highest BCUT2D eigenvalue weighted by molar-refractivity contribution is 5.48. The average Bonchev–Trinajstić information content (AvgIpc) is 3.29. The number of hydrogen-bond donors (Lipinski definition) is 1. The van der Waals surface area contributed by atoms with E-state index in [0.29, 0.717) is 36.0 Å². The number of nitriles is 1. The SMILES string of the molecule is Cc1cc(C#N)nnc1N1CCC(F)(F)C1.Cc1cc(CN)nnc1N1CCC(F)(F)C1. The van der Waals surface area contributed by atoms with Crippen molar-refractivity contribution in [1.29, 1.82) is 5.26 Å². The van der Waals surface area contributed by atoms with Crippen LogP contribution in [0.3, 0.4) is 0 Å². The lowest BCUT2D eigenvalue weighted by molar-refractivity contribution is 0.0249. The quantitative estimate of drug-likeness (QED) is 0.708. The monoisotopic (exact) mass is 452 g/mol. The van der Waals surface area contributed by atoms with Crippen LogP contribution in [0.1, 0.15) is 35.4 Å². The normalized spacial score (nSPS) is 18.8. The first kappa shape index (κ1) is 23.6. The third-order valence-electron chi connectivity index (χ3n) is 5.23. The third kappa shape index (κ3) is 5.59. The van der Waals surface area contributed by atoms with Gasteiger partial charge in [0.05, 0.1) is 18.8 Å². The number of aryl methyl sites for hydroxylation is 2. The van der Waals surface area contributed by atoms with Gasteiger partial charge in [0.2, 0.25) is 0 Å². The summed E-state index contributed by atoms with van der Waals surface area (Å²) in [5.41, 5.74) is 7.84. The fraction of sp³-hybridized carbons (Fsp3) is 0.550. The van der Waals surface area contributed by atoms with Gasteiger partial charge in [0.25, 0.3) is 11.8 Å². The topological polar surface area (TPSA) is 108 Å². The molecule has 172 valence electrons. The summed E-state index contributed by atoms with van der Waals surface area (Å²) in [6.45, 7) is 3.88. The summed E-state index contributed by atoms with van der Waals surface area (Å²) < 4.78 is 52.1. The molecule has 0 radical (unpaired) electrons. The molecule has 0 bridgehead atoms. The molecule has 2 aliphatic rings. The predicted molar refractivity (Wildman–Crippen MR) is 110 cm³/mol. The molecule has 32 heavy (non-hydrogen) atoms. The van der Waals surface area contributed by atoms with Crippen LogP contribution >= 0.6 is 0 Å². The lowest BCUT2D eigenvalue weighted by atomic mass is 10.2. The minimum absolute atomic E-state index is 0.118. The summed E-state index contributed by atoms with van der Waals surface area (Å²) in [4.78, 5) is 3.08. The largest absolute Gasteiger partial charge is 0.349 e. The first-order valence-corrected chi connectivity index (χ1v) is 10.1. The Labute approximate surface area is 183 Å². The highest BCUT2D eigenvalue weighted by atomic mass is 19.3. The first-order chi connectivity index (χ1) is 15.0. The number of hydrogen-bond acceptors (Lipinski definition) is 8. The van der Waals surface area contributed by atoms with E-state index >= 15 is 0 Å². The minimum Gasteiger partial charge on any atom is -0.349 e. The van der Waals surface area contributed by atoms with Gasteiger partial charge in [-0.05, 0) is 37.1 Å². The third-order valence-corrected chi connectivity index (χ3v) is 5.23. The molecule has 0 unspecified atom stereocenters. The van der Waals surface area contributed by atoms with E-state index in [-0.39, 0.29) is 38.2 Å². The summed E-state index contributed by atoms with van der Waals surface area (Å²) >= 11 is 0. The number of nitrogens with zero attached hydrogens (tertiary/aromatic N) is 7. The smallest absolute Gasteiger partial charge is 0.266 e. The molecule has 0 atom stereocenters. The van der Waals surface area contributed by atoms with Crippen LogP contribution in [0.4, 0.5) is 29.2 Å². The highest BCUT2D eigenvalue weighted by Gasteiger charge is 2.40. The van der Waals surface area contributed by atoms with Gasteiger partial charge >= 0.3 is 0 Å². The second-order valence-corrected chi connectivity index (χ2v) is 7.95. The molecule has 2 fully saturated rings. The molecule has 0 amide bonds. The number of aromatic nitrogens is 4. The number of rotatable bonds is 3. The summed E-state index contributed by atoms with van der Waals surface area (Å²) in [5.74, 6) is -4.28. The minimum atomic E-state index is -2.65. The van der Waals surface area contributed by atoms with Gasteiger partial charge in [0.15, 0.2) is 17.3 Å². The number of anilines is 2. The zero-order chi connectivity index (χ0) is 23.5. The van der Waals surface area contributed by atoms with Crippen LogP contribution in [0.5, 0.6) is 0 Å². The first-order valence-electron chi connectivity index (χ1n) is 10.1. The van der Waals surface area contributed by atoms with Gasteiger partial charge < -0.3 is 15.5 Å². The van der Waals surface area contributed by atoms with Crippen molar-refractivity contribution in [2.24, 2.45) is 5.73 Å². The molecule has 0 aromatic carbocycles. The Bertz CT molecular complexity index is 1010. The maximum Gasteiger partial charge on any atom is 0.266 e. The summed E-state index contributed by atoms with van der Waals surface area (Å²) in [6, 6.07) is 5.21. The van der Waals surface area contributed by atoms with E-state index in [9.17, 15) is 17.6 Å². The number of alkyl halides is 4. The van der Waals surface area contributed by atoms with Gasteiger partial charge in [-0.3, -0.25) is 0 Å². The molecule has 2 aromatic heterocycles. The summed E-state index contributed by atoms with van der Waals surface area (Å²) in [7, 11) is 0. The van der Waals surface area contributed by atoms with Crippen molar-refractivity contribution in [3.63, 3.8) is 0 Å². The molecule has 2 aliphatic heterocycles. The summed E-state index contributed by atoms with van der Waals surface area (Å²) in [5, 5.41) is 23.9. The molecule has 2 aromatic rings. The van der Waals surface area contributed by atoms with E-state index < -0.39 is 11.8 Å². The van der Waals surface area contributed by atoms with Crippen LogP contribution in [-0.2, 0) is 6.54 Å². The summed E-state index contributed by atoms with van der Waals surface area (Å²) in [6.07, 6.45) is -0.277. The van der Waals surface area contributed by atoms with Crippen molar-refractivity contribution < 1.29 is 17.6 Å². The maximum absolute atomic E-state index is 13.0. The fourth-order valence-corrected chi connectivity index (χ4v) is 3.63. The Hall–Kier alpha value is -3.07. The van der Waals surface area contributed by atoms with E-state index in [1.54, 1.807) is 24.0 Å². The Balaban J connectivity index is 0.000000181. The van der Waals surface area contributed by atoms with Gasteiger partial charge in [-0.15, -0.1) is 15.3 Å². The zero-order valence-electron chi connectivity index (χ0n) is 17.8. The molecule has 2 saturated heterocycles. The van der Waals surface area contributed by atoms with Crippen LogP contribution in [0, 0.1) is 25.2 Å². The molecular weight excluding hydrogens is 428 g/mol. The van der Waals surface area contributed by atoms with Crippen LogP contribution in [0.2, 0.25) is 0 Å². The van der Waals surface area contributed by atoms with Gasteiger partial charge in [0.1, 0.15) is 6.07 Å². The molecule has 4 rings (SSSR count). The molecule has 4 heterocycles. The maximum atomic E-state index is 13.0. The van der Waals surface area contributed by atoms with Crippen molar-refractivity contribution in [2.45, 2.75) is 45.1 Å². The Morgan fingerprint density at radius 1 is 0.906 bits per heavy atom. The van der Waals surface area contributed by atoms with Crippen LogP contribution in [0.25, 0.3) is 0 Å². The molecule has 12 heteroatoms. The molecule has 0 aliphatic carbocycles. The van der Waals surface area contributed by atoms with Crippen molar-refractivity contribution in [2.75, 3.05) is 36.0 Å². The average molecular weight is 452 g/mol. The van der Waals surface area contributed by atoms with Gasteiger partial charge in [-0.1, -0.05) is 0 Å². The van der Waals surface area contributed by atoms with E-state index in [4.69, 9.17) is 11.0 Å². The highest BCUT2D eigenvalue weighted by Crippen LogP contribution is 2.32. The Kier molecular flexibility index (Phi) is 6.78. The van der Waals surface area contributed by atoms with Gasteiger partial charge in [-0.25, -0.2) is 17.6 Å². The molecule has 2 N–H and O–H groups in total. The van der Waals surface area contributed by atoms with Crippen LogP contribution in [-0.4, -0.2) is 58.4 Å². The Morgan fingerprint density at radius 3 is 1.78 bits per heavy atom. The van der Waals surface area contributed by atoms with Gasteiger partial charge in [0, 0.05) is 32.5 Å².